The molecule has 2 aliphatic heterocycles. The Hall–Kier alpha value is -1.38. The molecule has 2 saturated carbocycles. The Morgan fingerprint density at radius 2 is 2.11 bits per heavy atom. The number of rotatable bonds is 1. The number of allylic oxidation sites excluding steroid dienone is 4. The van der Waals surface area contributed by atoms with Crippen LogP contribution in [0.25, 0.3) is 0 Å². The third kappa shape index (κ3) is 1.30. The summed E-state index contributed by atoms with van der Waals surface area (Å²) in [5.74, 6) is 1.43. The first-order valence-corrected chi connectivity index (χ1v) is 6.88. The molecule has 0 aromatic rings. The molecule has 2 fully saturated rings. The van der Waals surface area contributed by atoms with Crippen LogP contribution in [0.1, 0.15) is 19.3 Å². The Morgan fingerprint density at radius 3 is 2.89 bits per heavy atom. The van der Waals surface area contributed by atoms with Gasteiger partial charge in [-0.05, 0) is 37.0 Å². The van der Waals surface area contributed by atoms with E-state index in [-0.39, 0.29) is 12.0 Å². The molecule has 18 heavy (non-hydrogen) atoms. The largest absolute Gasteiger partial charge is 0.481 e. The second kappa shape index (κ2) is 3.56. The van der Waals surface area contributed by atoms with Gasteiger partial charge in [0.2, 0.25) is 0 Å². The molecule has 6 atom stereocenters. The lowest BCUT2D eigenvalue weighted by Crippen LogP contribution is -2.53. The molecule has 0 spiro atoms. The van der Waals surface area contributed by atoms with Crippen molar-refractivity contribution >= 4 is 11.7 Å². The fourth-order valence-electron chi connectivity index (χ4n) is 4.52. The van der Waals surface area contributed by atoms with Crippen molar-refractivity contribution in [2.75, 3.05) is 0 Å². The Morgan fingerprint density at radius 1 is 1.28 bits per heavy atom. The van der Waals surface area contributed by atoms with Gasteiger partial charge in [0.25, 0.3) is 0 Å². The second-order valence-electron chi connectivity index (χ2n) is 6.09. The summed E-state index contributed by atoms with van der Waals surface area (Å²) in [7, 11) is 0. The van der Waals surface area contributed by atoms with Crippen molar-refractivity contribution in [2.45, 2.75) is 25.3 Å². The molecule has 0 aromatic heterocycles. The minimum atomic E-state index is -0.651. The molecule has 6 unspecified atom stereocenters. The zero-order chi connectivity index (χ0) is 12.3. The molecule has 2 heterocycles. The molecule has 5 rings (SSSR count). The molecule has 3 heteroatoms. The van der Waals surface area contributed by atoms with Gasteiger partial charge in [-0.2, -0.15) is 0 Å². The first-order chi connectivity index (χ1) is 8.74. The SMILES string of the molecule is O=C(O)C1CC2C3=NC1CC2C1C=CC=CC1C3. The first kappa shape index (κ1) is 10.5. The standard InChI is InChI=1S/C15H17NO2/c17-15(18)12-6-11-10-7-14(12)16-13(11)5-8-3-1-2-4-9(8)10/h1-4,8-12,14H,5-7H2,(H,17,18). The lowest BCUT2D eigenvalue weighted by atomic mass is 9.55. The number of hydrogen-bond acceptors (Lipinski definition) is 2. The maximum absolute atomic E-state index is 11.3. The van der Waals surface area contributed by atoms with E-state index in [0.717, 1.165) is 19.3 Å². The van der Waals surface area contributed by atoms with E-state index in [9.17, 15) is 9.90 Å². The monoisotopic (exact) mass is 243 g/mol. The van der Waals surface area contributed by atoms with Crippen LogP contribution in [0, 0.1) is 29.6 Å². The smallest absolute Gasteiger partial charge is 0.308 e. The molecule has 3 aliphatic carbocycles. The van der Waals surface area contributed by atoms with E-state index in [1.165, 1.54) is 5.71 Å². The molecular weight excluding hydrogens is 226 g/mol. The zero-order valence-electron chi connectivity index (χ0n) is 10.2. The van der Waals surface area contributed by atoms with Crippen LogP contribution in [0.2, 0.25) is 0 Å². The minimum Gasteiger partial charge on any atom is -0.481 e. The van der Waals surface area contributed by atoms with Crippen molar-refractivity contribution in [3.63, 3.8) is 0 Å². The molecule has 5 aliphatic rings. The quantitative estimate of drug-likeness (QED) is 0.768. The summed E-state index contributed by atoms with van der Waals surface area (Å²) in [5.41, 5.74) is 1.31. The maximum Gasteiger partial charge on any atom is 0.308 e. The summed E-state index contributed by atoms with van der Waals surface area (Å²) in [6, 6.07) is 0.0488. The van der Waals surface area contributed by atoms with Gasteiger partial charge in [0.15, 0.2) is 0 Å². The number of carbonyl (C=O) groups is 1. The van der Waals surface area contributed by atoms with Crippen LogP contribution in [0.3, 0.4) is 0 Å². The molecule has 1 N–H and O–H groups in total. The Balaban J connectivity index is 1.70. The number of aliphatic imine (C=N–C) groups is 1. The number of carboxylic acid groups (broad SMARTS) is 1. The third-order valence-electron chi connectivity index (χ3n) is 5.32. The van der Waals surface area contributed by atoms with E-state index in [1.54, 1.807) is 0 Å². The number of carboxylic acids is 1. The molecule has 0 saturated heterocycles. The van der Waals surface area contributed by atoms with Gasteiger partial charge in [0.1, 0.15) is 0 Å². The molecule has 3 nitrogen and oxygen atoms in total. The van der Waals surface area contributed by atoms with E-state index < -0.39 is 5.97 Å². The van der Waals surface area contributed by atoms with E-state index >= 15 is 0 Å². The average Bonchev–Trinajstić information content (AvgIpc) is 2.38. The Kier molecular flexibility index (Phi) is 2.08. The summed E-state index contributed by atoms with van der Waals surface area (Å²) >= 11 is 0. The van der Waals surface area contributed by atoms with Crippen molar-refractivity contribution in [3.8, 4) is 0 Å². The number of nitrogens with zero attached hydrogens (tertiary/aromatic N) is 1. The molecule has 94 valence electrons. The molecular formula is C15H17NO2. The fraction of sp³-hybridized carbons (Fsp3) is 0.600. The first-order valence-electron chi connectivity index (χ1n) is 6.88. The van der Waals surface area contributed by atoms with E-state index in [4.69, 9.17) is 4.99 Å². The number of fused-ring (bicyclic) bond motifs is 2. The fourth-order valence-corrected chi connectivity index (χ4v) is 4.52. The van der Waals surface area contributed by atoms with Gasteiger partial charge >= 0.3 is 5.97 Å². The van der Waals surface area contributed by atoms with Crippen LogP contribution in [-0.4, -0.2) is 22.8 Å². The Labute approximate surface area is 106 Å². The zero-order valence-corrected chi connectivity index (χ0v) is 10.2. The van der Waals surface area contributed by atoms with E-state index in [1.807, 2.05) is 0 Å². The maximum atomic E-state index is 11.3. The molecule has 0 aromatic carbocycles. The highest BCUT2D eigenvalue weighted by atomic mass is 16.4. The molecule has 0 radical (unpaired) electrons. The van der Waals surface area contributed by atoms with Gasteiger partial charge in [-0.25, -0.2) is 0 Å². The second-order valence-corrected chi connectivity index (χ2v) is 6.09. The van der Waals surface area contributed by atoms with Crippen LogP contribution in [-0.2, 0) is 4.79 Å². The average molecular weight is 243 g/mol. The summed E-state index contributed by atoms with van der Waals surface area (Å²) < 4.78 is 0. The van der Waals surface area contributed by atoms with Crippen molar-refractivity contribution in [2.24, 2.45) is 34.6 Å². The third-order valence-corrected chi connectivity index (χ3v) is 5.32. The lowest BCUT2D eigenvalue weighted by Gasteiger charge is -2.52. The van der Waals surface area contributed by atoms with Gasteiger partial charge in [-0.15, -0.1) is 0 Å². The van der Waals surface area contributed by atoms with E-state index in [0.29, 0.717) is 23.7 Å². The van der Waals surface area contributed by atoms with Crippen molar-refractivity contribution in [1.82, 2.24) is 0 Å². The van der Waals surface area contributed by atoms with Crippen molar-refractivity contribution in [1.29, 1.82) is 0 Å². The van der Waals surface area contributed by atoms with Crippen LogP contribution in [0.15, 0.2) is 29.3 Å². The van der Waals surface area contributed by atoms with Gasteiger partial charge in [-0.3, -0.25) is 9.79 Å². The van der Waals surface area contributed by atoms with Crippen LogP contribution < -0.4 is 0 Å². The van der Waals surface area contributed by atoms with Crippen molar-refractivity contribution in [3.05, 3.63) is 24.3 Å². The summed E-state index contributed by atoms with van der Waals surface area (Å²) in [5, 5.41) is 9.26. The topological polar surface area (TPSA) is 49.7 Å². The van der Waals surface area contributed by atoms with Crippen LogP contribution >= 0.6 is 0 Å². The van der Waals surface area contributed by atoms with E-state index in [2.05, 4.69) is 24.3 Å². The van der Waals surface area contributed by atoms with Crippen LogP contribution in [0.5, 0.6) is 0 Å². The normalized spacial score (nSPS) is 47.7. The summed E-state index contributed by atoms with van der Waals surface area (Å²) in [4.78, 5) is 16.0. The molecule has 4 bridgehead atoms. The summed E-state index contributed by atoms with van der Waals surface area (Å²) in [6.07, 6.45) is 11.8. The predicted octanol–water partition coefficient (Wildman–Crippen LogP) is 2.30. The number of aliphatic carboxylic acids is 1. The highest BCUT2D eigenvalue weighted by Crippen LogP contribution is 2.52. The molecule has 0 amide bonds. The predicted molar refractivity (Wildman–Crippen MR) is 68.4 cm³/mol. The van der Waals surface area contributed by atoms with Gasteiger partial charge in [0.05, 0.1) is 12.0 Å². The van der Waals surface area contributed by atoms with Gasteiger partial charge < -0.3 is 5.11 Å². The highest BCUT2D eigenvalue weighted by molar-refractivity contribution is 5.91. The minimum absolute atomic E-state index is 0.0488. The summed E-state index contributed by atoms with van der Waals surface area (Å²) in [6.45, 7) is 0. The van der Waals surface area contributed by atoms with Crippen molar-refractivity contribution < 1.29 is 9.90 Å². The number of hydrogen-bond donors (Lipinski definition) is 1. The van der Waals surface area contributed by atoms with Gasteiger partial charge in [-0.1, -0.05) is 24.3 Å². The van der Waals surface area contributed by atoms with Crippen LogP contribution in [0.4, 0.5) is 0 Å². The highest BCUT2D eigenvalue weighted by Gasteiger charge is 2.52. The van der Waals surface area contributed by atoms with Gasteiger partial charge in [0, 0.05) is 11.6 Å². The Bertz CT molecular complexity index is 491. The lowest BCUT2D eigenvalue weighted by molar-refractivity contribution is -0.144.